The number of nitrogens with two attached hydrogens (primary N) is 1. The van der Waals surface area contributed by atoms with Crippen molar-refractivity contribution in [1.29, 1.82) is 0 Å². The molecule has 2 heterocycles. The predicted molar refractivity (Wildman–Crippen MR) is 223 cm³/mol. The maximum atomic E-state index is 12.3. The van der Waals surface area contributed by atoms with Crippen molar-refractivity contribution >= 4 is 23.0 Å². The van der Waals surface area contributed by atoms with Gasteiger partial charge in [-0.25, -0.2) is 0 Å². The number of nitrogens with one attached hydrogen (secondary N) is 2. The van der Waals surface area contributed by atoms with Crippen LogP contribution in [0.2, 0.25) is 0 Å². The summed E-state index contributed by atoms with van der Waals surface area (Å²) in [5.41, 5.74) is 13.4. The molecular weight excluding hydrogens is 627 g/mol. The van der Waals surface area contributed by atoms with Gasteiger partial charge in [-0.2, -0.15) is 4.58 Å². The Hall–Kier alpha value is -3.74. The first-order valence-electron chi connectivity index (χ1n) is 19.7. The second-order valence-corrected chi connectivity index (χ2v) is 13.8. The zero-order valence-corrected chi connectivity index (χ0v) is 33.5. The third-order valence-electron chi connectivity index (χ3n) is 9.64. The number of hydrogen-bond donors (Lipinski definition) is 3. The van der Waals surface area contributed by atoms with Crippen LogP contribution >= 0.6 is 0 Å². The molecule has 51 heavy (non-hydrogen) atoms. The summed E-state index contributed by atoms with van der Waals surface area (Å²) in [4.78, 5) is 14.8. The number of amides is 1. The van der Waals surface area contributed by atoms with Crippen LogP contribution in [0.5, 0.6) is 0 Å². The molecule has 2 aromatic rings. The van der Waals surface area contributed by atoms with Crippen molar-refractivity contribution in [3.05, 3.63) is 108 Å². The molecule has 0 bridgehead atoms. The first kappa shape index (κ1) is 43.4. The van der Waals surface area contributed by atoms with Crippen LogP contribution in [0.3, 0.4) is 0 Å². The highest BCUT2D eigenvalue weighted by atomic mass is 16.1. The molecule has 2 aromatic carbocycles. The lowest BCUT2D eigenvalue weighted by Gasteiger charge is -2.27. The van der Waals surface area contributed by atoms with Gasteiger partial charge in [-0.3, -0.25) is 4.79 Å². The Balaban J connectivity index is 0.00000217. The van der Waals surface area contributed by atoms with Crippen molar-refractivity contribution < 1.29 is 9.37 Å². The number of allylic oxidation sites excluding steroid dienone is 8. The van der Waals surface area contributed by atoms with E-state index in [4.69, 9.17) is 5.73 Å². The summed E-state index contributed by atoms with van der Waals surface area (Å²) in [7, 11) is 2.15. The van der Waals surface area contributed by atoms with Gasteiger partial charge in [0.2, 0.25) is 11.6 Å². The summed E-state index contributed by atoms with van der Waals surface area (Å²) in [6.45, 7) is 21.6. The SMILES string of the molecule is CC.CC.C[N+]1=C(/C=C/C=C/C=C/C=C2/N(CCCCCC(=O)NCCCNCCCCN)c3ccccc3C2(C)C)C(C)(C)c2ccccc21. The van der Waals surface area contributed by atoms with Gasteiger partial charge in [0, 0.05) is 54.0 Å². The van der Waals surface area contributed by atoms with Crippen molar-refractivity contribution in [1.82, 2.24) is 10.6 Å². The smallest absolute Gasteiger partial charge is 0.219 e. The van der Waals surface area contributed by atoms with Crippen molar-refractivity contribution in [2.24, 2.45) is 5.73 Å². The topological polar surface area (TPSA) is 73.4 Å². The Kier molecular flexibility index (Phi) is 19.5. The molecule has 0 unspecified atom stereocenters. The molecule has 6 nitrogen and oxygen atoms in total. The lowest BCUT2D eigenvalue weighted by Crippen LogP contribution is -2.28. The average molecular weight is 697 g/mol. The van der Waals surface area contributed by atoms with Crippen molar-refractivity contribution in [3.8, 4) is 0 Å². The van der Waals surface area contributed by atoms with Gasteiger partial charge in [0.25, 0.3) is 0 Å². The fourth-order valence-electron chi connectivity index (χ4n) is 6.95. The number of benzene rings is 2. The molecule has 0 saturated carbocycles. The Morgan fingerprint density at radius 2 is 1.39 bits per heavy atom. The first-order valence-corrected chi connectivity index (χ1v) is 19.7. The molecule has 0 spiro atoms. The van der Waals surface area contributed by atoms with Crippen LogP contribution in [-0.4, -0.2) is 56.0 Å². The fourth-order valence-corrected chi connectivity index (χ4v) is 6.95. The maximum Gasteiger partial charge on any atom is 0.219 e. The molecule has 0 fully saturated rings. The van der Waals surface area contributed by atoms with Crippen LogP contribution in [0.1, 0.15) is 111 Å². The standard InChI is InChI=1S/C41H57N5O.2C2H6/c1-40(2)33-21-13-15-23-35(33)45(5)37(40)25-10-7-6-8-11-26-38-41(3,4)34-22-14-16-24-36(34)46(38)32-19-9-12-27-39(47)44-31-20-30-43-29-18-17-28-42;2*1-2/h6-8,10-11,13-16,21-26,43H,9,12,17-20,27-32,42H2,1-5H3;2*1-2H3/p+1. The van der Waals surface area contributed by atoms with E-state index in [0.717, 1.165) is 71.2 Å². The summed E-state index contributed by atoms with van der Waals surface area (Å²) in [6, 6.07) is 17.4. The number of fused-ring (bicyclic) bond motifs is 2. The molecule has 0 aromatic heterocycles. The number of unbranched alkanes of at least 4 members (excludes halogenated alkanes) is 3. The van der Waals surface area contributed by atoms with E-state index < -0.39 is 0 Å². The molecule has 1 amide bonds. The van der Waals surface area contributed by atoms with Crippen LogP contribution in [0, 0.1) is 0 Å². The summed E-state index contributed by atoms with van der Waals surface area (Å²) in [5.74, 6) is 0.164. The van der Waals surface area contributed by atoms with E-state index in [2.05, 4.69) is 146 Å². The number of para-hydroxylation sites is 2. The number of carbonyl (C=O) groups is 1. The molecule has 6 heteroatoms. The third kappa shape index (κ3) is 12.2. The third-order valence-corrected chi connectivity index (χ3v) is 9.64. The molecule has 2 aliphatic rings. The van der Waals surface area contributed by atoms with Crippen LogP contribution in [0.4, 0.5) is 11.4 Å². The molecule has 280 valence electrons. The minimum atomic E-state index is -0.0754. The number of rotatable bonds is 18. The molecule has 0 radical (unpaired) electrons. The zero-order chi connectivity index (χ0) is 37.7. The van der Waals surface area contributed by atoms with Gasteiger partial charge in [0.05, 0.1) is 5.41 Å². The molecule has 4 rings (SSSR count). The highest BCUT2D eigenvalue weighted by molar-refractivity contribution is 6.03. The maximum absolute atomic E-state index is 12.3. The Morgan fingerprint density at radius 1 is 0.745 bits per heavy atom. The Morgan fingerprint density at radius 3 is 2.12 bits per heavy atom. The lowest BCUT2D eigenvalue weighted by molar-refractivity contribution is -0.401. The van der Waals surface area contributed by atoms with Gasteiger partial charge in [0.15, 0.2) is 5.71 Å². The van der Waals surface area contributed by atoms with Crippen LogP contribution in [0.25, 0.3) is 0 Å². The molecule has 0 aliphatic carbocycles. The summed E-state index contributed by atoms with van der Waals surface area (Å²) in [5, 5.41) is 6.48. The van der Waals surface area contributed by atoms with E-state index in [0.29, 0.717) is 6.42 Å². The van der Waals surface area contributed by atoms with E-state index in [1.807, 2.05) is 27.7 Å². The largest absolute Gasteiger partial charge is 0.356 e. The van der Waals surface area contributed by atoms with Crippen molar-refractivity contribution in [2.75, 3.05) is 44.7 Å². The Bertz CT molecular complexity index is 1490. The lowest BCUT2D eigenvalue weighted by atomic mass is 9.81. The summed E-state index contributed by atoms with van der Waals surface area (Å²) < 4.78 is 2.30. The van der Waals surface area contributed by atoms with Crippen LogP contribution in [-0.2, 0) is 15.6 Å². The fraction of sp³-hybridized carbons (Fsp3) is 0.511. The van der Waals surface area contributed by atoms with Gasteiger partial charge in [-0.15, -0.1) is 0 Å². The molecule has 4 N–H and O–H groups in total. The second kappa shape index (κ2) is 22.9. The number of carbonyl (C=O) groups excluding carboxylic acids is 1. The van der Waals surface area contributed by atoms with Gasteiger partial charge in [0.1, 0.15) is 7.05 Å². The Labute approximate surface area is 311 Å². The van der Waals surface area contributed by atoms with Gasteiger partial charge in [-0.05, 0) is 83.3 Å². The summed E-state index contributed by atoms with van der Waals surface area (Å²) in [6.07, 6.45) is 21.9. The second-order valence-electron chi connectivity index (χ2n) is 13.8. The zero-order valence-electron chi connectivity index (χ0n) is 33.5. The first-order chi connectivity index (χ1) is 24.7. The quantitative estimate of drug-likeness (QED) is 0.0825. The van der Waals surface area contributed by atoms with Gasteiger partial charge in [-0.1, -0.05) is 115 Å². The minimum absolute atomic E-state index is 0.0169. The number of anilines is 1. The van der Waals surface area contributed by atoms with Crippen LogP contribution < -0.4 is 21.3 Å². The molecule has 2 aliphatic heterocycles. The van der Waals surface area contributed by atoms with E-state index in [1.165, 1.54) is 33.9 Å². The number of hydrogen-bond acceptors (Lipinski definition) is 4. The highest BCUT2D eigenvalue weighted by Gasteiger charge is 2.42. The van der Waals surface area contributed by atoms with E-state index in [9.17, 15) is 4.79 Å². The average Bonchev–Trinajstić information content (AvgIpc) is 3.48. The highest BCUT2D eigenvalue weighted by Crippen LogP contribution is 2.47. The molecule has 0 atom stereocenters. The van der Waals surface area contributed by atoms with Crippen LogP contribution in [0.15, 0.2) is 96.8 Å². The van der Waals surface area contributed by atoms with E-state index in [-0.39, 0.29) is 16.7 Å². The van der Waals surface area contributed by atoms with Gasteiger partial charge >= 0.3 is 0 Å². The number of nitrogens with zero attached hydrogens (tertiary/aromatic N) is 2. The van der Waals surface area contributed by atoms with E-state index in [1.54, 1.807) is 0 Å². The van der Waals surface area contributed by atoms with Gasteiger partial charge < -0.3 is 21.3 Å². The minimum Gasteiger partial charge on any atom is -0.356 e. The van der Waals surface area contributed by atoms with E-state index >= 15 is 0 Å². The normalized spacial score (nSPS) is 16.4. The monoisotopic (exact) mass is 697 g/mol. The summed E-state index contributed by atoms with van der Waals surface area (Å²) >= 11 is 0. The molecular formula is C45H70N5O+. The van der Waals surface area contributed by atoms with Crippen molar-refractivity contribution in [2.45, 2.75) is 111 Å². The molecule has 0 saturated heterocycles. The predicted octanol–water partition coefficient (Wildman–Crippen LogP) is 9.49. The van der Waals surface area contributed by atoms with Crippen molar-refractivity contribution in [3.63, 3.8) is 0 Å².